The van der Waals surface area contributed by atoms with E-state index in [2.05, 4.69) is 25.3 Å². The molecular formula is C18H24N6O. The molecule has 3 heterocycles. The van der Waals surface area contributed by atoms with Gasteiger partial charge in [0.1, 0.15) is 5.82 Å². The number of likely N-dealkylation sites (tertiary alicyclic amines) is 1. The topological polar surface area (TPSA) is 75.9 Å². The smallest absolute Gasteiger partial charge is 0.222 e. The molecule has 2 aromatic rings. The summed E-state index contributed by atoms with van der Waals surface area (Å²) < 4.78 is 1.84. The van der Waals surface area contributed by atoms with Crippen molar-refractivity contribution in [2.24, 2.45) is 18.9 Å². The first-order valence-electron chi connectivity index (χ1n) is 8.98. The number of nitrogens with one attached hydrogen (secondary N) is 1. The van der Waals surface area contributed by atoms with Crippen LogP contribution in [0.2, 0.25) is 0 Å². The number of hydrogen-bond acceptors (Lipinski definition) is 5. The first-order valence-corrected chi connectivity index (χ1v) is 8.98. The zero-order valence-electron chi connectivity index (χ0n) is 14.5. The number of aromatic nitrogens is 4. The van der Waals surface area contributed by atoms with Crippen molar-refractivity contribution in [2.75, 3.05) is 18.4 Å². The van der Waals surface area contributed by atoms with E-state index < -0.39 is 0 Å². The van der Waals surface area contributed by atoms with Gasteiger partial charge in [-0.2, -0.15) is 5.10 Å². The summed E-state index contributed by atoms with van der Waals surface area (Å²) in [4.78, 5) is 23.1. The maximum atomic E-state index is 12.6. The number of fused-ring (bicyclic) bond motifs is 1. The van der Waals surface area contributed by atoms with E-state index in [-0.39, 0.29) is 5.91 Å². The minimum Gasteiger partial charge on any atom is -0.366 e. The molecule has 0 unspecified atom stereocenters. The second-order valence-corrected chi connectivity index (χ2v) is 7.09. The summed E-state index contributed by atoms with van der Waals surface area (Å²) in [6.45, 7) is 1.75. The molecule has 1 saturated heterocycles. The SMILES string of the molecule is Cn1nccc1CCC(=O)N1C[C@H]2CC[C@@H](Nc3cnccn3)[C@H]2C1. The van der Waals surface area contributed by atoms with E-state index >= 15 is 0 Å². The van der Waals surface area contributed by atoms with E-state index in [1.807, 2.05) is 17.8 Å². The highest BCUT2D eigenvalue weighted by molar-refractivity contribution is 5.76. The lowest BCUT2D eigenvalue weighted by Crippen LogP contribution is -2.33. The number of hydrogen-bond donors (Lipinski definition) is 1. The first kappa shape index (κ1) is 16.1. The van der Waals surface area contributed by atoms with Gasteiger partial charge in [0.05, 0.1) is 6.20 Å². The van der Waals surface area contributed by atoms with E-state index in [1.165, 1.54) is 6.42 Å². The second-order valence-electron chi connectivity index (χ2n) is 7.09. The van der Waals surface area contributed by atoms with Crippen molar-refractivity contribution in [3.8, 4) is 0 Å². The predicted molar refractivity (Wildman–Crippen MR) is 93.8 cm³/mol. The summed E-state index contributed by atoms with van der Waals surface area (Å²) in [6.07, 6.45) is 10.6. The Hall–Kier alpha value is -2.44. The Morgan fingerprint density at radius 1 is 1.28 bits per heavy atom. The molecule has 25 heavy (non-hydrogen) atoms. The van der Waals surface area contributed by atoms with Crippen LogP contribution in [0.4, 0.5) is 5.82 Å². The van der Waals surface area contributed by atoms with Gasteiger partial charge in [-0.25, -0.2) is 4.98 Å². The summed E-state index contributed by atoms with van der Waals surface area (Å²) in [5, 5.41) is 7.67. The van der Waals surface area contributed by atoms with Crippen molar-refractivity contribution < 1.29 is 4.79 Å². The van der Waals surface area contributed by atoms with E-state index in [0.29, 0.717) is 24.3 Å². The average molecular weight is 340 g/mol. The van der Waals surface area contributed by atoms with E-state index in [1.54, 1.807) is 24.8 Å². The largest absolute Gasteiger partial charge is 0.366 e. The Labute approximate surface area is 147 Å². The third-order valence-electron chi connectivity index (χ3n) is 5.62. The molecule has 1 N–H and O–H groups in total. The lowest BCUT2D eigenvalue weighted by molar-refractivity contribution is -0.130. The highest BCUT2D eigenvalue weighted by atomic mass is 16.2. The molecule has 4 rings (SSSR count). The van der Waals surface area contributed by atoms with Gasteiger partial charge in [0.25, 0.3) is 0 Å². The summed E-state index contributed by atoms with van der Waals surface area (Å²) >= 11 is 0. The minimum absolute atomic E-state index is 0.258. The molecule has 2 aromatic heterocycles. The molecule has 132 valence electrons. The lowest BCUT2D eigenvalue weighted by atomic mass is 9.98. The van der Waals surface area contributed by atoms with Crippen LogP contribution in [0.3, 0.4) is 0 Å². The maximum Gasteiger partial charge on any atom is 0.222 e. The van der Waals surface area contributed by atoms with Crippen LogP contribution >= 0.6 is 0 Å². The van der Waals surface area contributed by atoms with Crippen molar-refractivity contribution >= 4 is 11.7 Å². The van der Waals surface area contributed by atoms with E-state index in [4.69, 9.17) is 0 Å². The van der Waals surface area contributed by atoms with Crippen LogP contribution in [-0.4, -0.2) is 49.7 Å². The van der Waals surface area contributed by atoms with Crippen molar-refractivity contribution in [1.82, 2.24) is 24.6 Å². The summed E-state index contributed by atoms with van der Waals surface area (Å²) in [7, 11) is 1.92. The molecule has 1 saturated carbocycles. The van der Waals surface area contributed by atoms with Crippen LogP contribution in [0, 0.1) is 11.8 Å². The Balaban J connectivity index is 1.33. The standard InChI is InChI=1S/C18H24N6O/c1-23-14(6-7-21-23)3-5-18(25)24-11-13-2-4-16(15(13)12-24)22-17-10-19-8-9-20-17/h6-10,13,15-16H,2-5,11-12H2,1H3,(H,20,22)/t13-,15+,16-/m1/s1. The Bertz CT molecular complexity index is 730. The third-order valence-corrected chi connectivity index (χ3v) is 5.62. The zero-order chi connectivity index (χ0) is 17.2. The Morgan fingerprint density at radius 2 is 2.20 bits per heavy atom. The summed E-state index contributed by atoms with van der Waals surface area (Å²) in [5.41, 5.74) is 1.11. The Kier molecular flexibility index (Phi) is 4.38. The third kappa shape index (κ3) is 3.36. The fraction of sp³-hybridized carbons (Fsp3) is 0.556. The molecule has 3 atom stereocenters. The molecule has 2 fully saturated rings. The molecule has 7 heteroatoms. The number of anilines is 1. The van der Waals surface area contributed by atoms with Crippen molar-refractivity contribution in [1.29, 1.82) is 0 Å². The Morgan fingerprint density at radius 3 is 2.96 bits per heavy atom. The van der Waals surface area contributed by atoms with Crippen LogP contribution in [0.15, 0.2) is 30.9 Å². The van der Waals surface area contributed by atoms with Gasteiger partial charge in [-0.05, 0) is 31.2 Å². The number of nitrogens with zero attached hydrogens (tertiary/aromatic N) is 5. The molecule has 0 spiro atoms. The number of rotatable bonds is 5. The van der Waals surface area contributed by atoms with Gasteiger partial charge in [-0.3, -0.25) is 14.5 Å². The average Bonchev–Trinajstić information content (AvgIpc) is 3.31. The van der Waals surface area contributed by atoms with Gasteiger partial charge in [-0.1, -0.05) is 0 Å². The highest BCUT2D eigenvalue weighted by Crippen LogP contribution is 2.39. The van der Waals surface area contributed by atoms with Crippen molar-refractivity contribution in [3.63, 3.8) is 0 Å². The maximum absolute atomic E-state index is 12.6. The monoisotopic (exact) mass is 340 g/mol. The summed E-state index contributed by atoms with van der Waals surface area (Å²) in [6, 6.07) is 2.36. The molecule has 0 bridgehead atoms. The van der Waals surface area contributed by atoms with Crippen LogP contribution in [0.1, 0.15) is 25.0 Å². The van der Waals surface area contributed by atoms with Gasteiger partial charge in [-0.15, -0.1) is 0 Å². The van der Waals surface area contributed by atoms with Crippen LogP contribution in [0.25, 0.3) is 0 Å². The van der Waals surface area contributed by atoms with Crippen LogP contribution in [-0.2, 0) is 18.3 Å². The molecule has 0 aromatic carbocycles. The molecule has 1 aliphatic carbocycles. The predicted octanol–water partition coefficient (Wildman–Crippen LogP) is 1.49. The van der Waals surface area contributed by atoms with Gasteiger partial charge in [0.15, 0.2) is 0 Å². The van der Waals surface area contributed by atoms with Gasteiger partial charge >= 0.3 is 0 Å². The molecule has 1 amide bonds. The number of amides is 1. The number of aryl methyl sites for hydroxylation is 2. The molecular weight excluding hydrogens is 316 g/mol. The number of carbonyl (C=O) groups excluding carboxylic acids is 1. The quantitative estimate of drug-likeness (QED) is 0.892. The summed E-state index contributed by atoms with van der Waals surface area (Å²) in [5.74, 6) is 2.21. The van der Waals surface area contributed by atoms with Crippen LogP contribution in [0.5, 0.6) is 0 Å². The fourth-order valence-corrected chi connectivity index (χ4v) is 4.25. The van der Waals surface area contributed by atoms with Gasteiger partial charge < -0.3 is 10.2 Å². The number of carbonyl (C=O) groups is 1. The minimum atomic E-state index is 0.258. The zero-order valence-corrected chi connectivity index (χ0v) is 14.5. The van der Waals surface area contributed by atoms with Crippen molar-refractivity contribution in [2.45, 2.75) is 31.7 Å². The molecule has 2 aliphatic rings. The molecule has 7 nitrogen and oxygen atoms in total. The highest BCUT2D eigenvalue weighted by Gasteiger charge is 2.43. The molecule has 0 radical (unpaired) electrons. The van der Waals surface area contributed by atoms with Gasteiger partial charge in [0.2, 0.25) is 5.91 Å². The van der Waals surface area contributed by atoms with E-state index in [9.17, 15) is 4.79 Å². The normalized spacial score (nSPS) is 25.2. The lowest BCUT2D eigenvalue weighted by Gasteiger charge is -2.22. The van der Waals surface area contributed by atoms with Gasteiger partial charge in [0, 0.05) is 62.8 Å². The second kappa shape index (κ2) is 6.82. The fourth-order valence-electron chi connectivity index (χ4n) is 4.25. The first-order chi connectivity index (χ1) is 12.2. The van der Waals surface area contributed by atoms with Crippen LogP contribution < -0.4 is 5.32 Å². The van der Waals surface area contributed by atoms with Crippen molar-refractivity contribution in [3.05, 3.63) is 36.5 Å². The molecule has 1 aliphatic heterocycles. The van der Waals surface area contributed by atoms with E-state index in [0.717, 1.165) is 37.4 Å².